The molecule has 0 saturated heterocycles. The topological polar surface area (TPSA) is 26.1 Å². The summed E-state index contributed by atoms with van der Waals surface area (Å²) in [5.74, 6) is 0. The minimum absolute atomic E-state index is 0.820. The summed E-state index contributed by atoms with van der Waals surface area (Å²) >= 11 is 1.62. The van der Waals surface area contributed by atoms with E-state index in [1.807, 2.05) is 30.3 Å². The van der Waals surface area contributed by atoms with Crippen LogP contribution in [0.4, 0.5) is 0 Å². The van der Waals surface area contributed by atoms with Gasteiger partial charge in [-0.25, -0.2) is 4.74 Å². The summed E-state index contributed by atoms with van der Waals surface area (Å²) in [6, 6.07) is 14.1. The van der Waals surface area contributed by atoms with Gasteiger partial charge < -0.3 is 5.21 Å². The minimum atomic E-state index is 0.820. The number of benzene rings is 1. The largest absolute Gasteiger partial charge is 0.624 e. The molecule has 2 nitrogen and oxygen atoms in total. The maximum absolute atomic E-state index is 10.8. The van der Waals surface area contributed by atoms with E-state index in [9.17, 15) is 5.21 Å². The molecule has 76 valence electrons. The summed E-state index contributed by atoms with van der Waals surface area (Å²) in [6.07, 6.45) is 1.58. The van der Waals surface area contributed by atoms with Crippen molar-refractivity contribution in [1.29, 1.82) is 0 Å². The first-order chi connectivity index (χ1) is 7.25. The van der Waals surface area contributed by atoms with Gasteiger partial charge >= 0.3 is 0 Å². The number of hydrogen-bond donors (Lipinski definition) is 0. The molecule has 0 aliphatic carbocycles. The van der Waals surface area contributed by atoms with E-state index in [0.29, 0.717) is 0 Å². The van der Waals surface area contributed by atoms with Crippen LogP contribution in [0.25, 0.3) is 10.4 Å². The molecule has 0 aliphatic rings. The Labute approximate surface area is 92.7 Å². The van der Waals surface area contributed by atoms with Gasteiger partial charge in [0.25, 0.3) is 0 Å². The summed E-state index contributed by atoms with van der Waals surface area (Å²) in [6.45, 7) is 0. The second-order valence-corrected chi connectivity index (χ2v) is 4.36. The Morgan fingerprint density at radius 3 is 2.53 bits per heavy atom. The molecule has 3 heteroatoms. The number of nitrogens with zero attached hydrogens (tertiary/aromatic N) is 1. The summed E-state index contributed by atoms with van der Waals surface area (Å²) in [5, 5.41) is 10.8. The molecule has 1 aromatic heterocycles. The summed E-state index contributed by atoms with van der Waals surface area (Å²) in [7, 11) is 1.49. The van der Waals surface area contributed by atoms with Crippen molar-refractivity contribution in [3.8, 4) is 10.4 Å². The van der Waals surface area contributed by atoms with Crippen molar-refractivity contribution in [2.24, 2.45) is 0 Å². The lowest BCUT2D eigenvalue weighted by molar-refractivity contribution is -0.416. The number of hydrogen-bond acceptors (Lipinski definition) is 2. The highest BCUT2D eigenvalue weighted by Crippen LogP contribution is 2.26. The fourth-order valence-corrected chi connectivity index (χ4v) is 2.34. The van der Waals surface area contributed by atoms with Crippen molar-refractivity contribution in [3.05, 3.63) is 52.5 Å². The third kappa shape index (κ3) is 2.44. The van der Waals surface area contributed by atoms with Crippen LogP contribution >= 0.6 is 11.3 Å². The standard InChI is InChI=1S/C12H11NOS/c1-13(14)9-11-7-8-12(15-11)10-5-3-2-4-6-10/h2-9H,1H3/b13-9+. The molecule has 1 aromatic carbocycles. The Morgan fingerprint density at radius 2 is 1.87 bits per heavy atom. The van der Waals surface area contributed by atoms with Gasteiger partial charge in [0.2, 0.25) is 0 Å². The molecule has 15 heavy (non-hydrogen) atoms. The first-order valence-corrected chi connectivity index (χ1v) is 5.47. The molecule has 0 saturated carbocycles. The van der Waals surface area contributed by atoms with Gasteiger partial charge in [0.05, 0.1) is 4.88 Å². The van der Waals surface area contributed by atoms with Crippen LogP contribution in [0.2, 0.25) is 0 Å². The summed E-state index contributed by atoms with van der Waals surface area (Å²) in [5.41, 5.74) is 1.19. The van der Waals surface area contributed by atoms with Crippen LogP contribution < -0.4 is 0 Å². The van der Waals surface area contributed by atoms with Crippen molar-refractivity contribution in [3.63, 3.8) is 0 Å². The quantitative estimate of drug-likeness (QED) is 0.329. The fourth-order valence-electron chi connectivity index (χ4n) is 1.36. The van der Waals surface area contributed by atoms with Crippen molar-refractivity contribution >= 4 is 17.6 Å². The Balaban J connectivity index is 2.32. The van der Waals surface area contributed by atoms with Gasteiger partial charge in [0.1, 0.15) is 7.05 Å². The third-order valence-electron chi connectivity index (χ3n) is 1.99. The van der Waals surface area contributed by atoms with Crippen LogP contribution in [0.1, 0.15) is 4.88 Å². The highest BCUT2D eigenvalue weighted by molar-refractivity contribution is 7.17. The van der Waals surface area contributed by atoms with Gasteiger partial charge in [-0.3, -0.25) is 0 Å². The number of hydroxylamine groups is 1. The first-order valence-electron chi connectivity index (χ1n) is 4.66. The molecule has 0 bridgehead atoms. The van der Waals surface area contributed by atoms with Gasteiger partial charge in [-0.2, -0.15) is 0 Å². The lowest BCUT2D eigenvalue weighted by Gasteiger charge is -1.94. The van der Waals surface area contributed by atoms with Crippen molar-refractivity contribution in [2.75, 3.05) is 7.05 Å². The Bertz CT molecular complexity index is 469. The predicted octanol–water partition coefficient (Wildman–Crippen LogP) is 2.97. The predicted molar refractivity (Wildman–Crippen MR) is 64.5 cm³/mol. The van der Waals surface area contributed by atoms with Crippen LogP contribution in [0, 0.1) is 5.21 Å². The van der Waals surface area contributed by atoms with Crippen LogP contribution in [-0.4, -0.2) is 18.0 Å². The van der Waals surface area contributed by atoms with E-state index in [4.69, 9.17) is 0 Å². The molecule has 0 aliphatic heterocycles. The fraction of sp³-hybridized carbons (Fsp3) is 0.0833. The van der Waals surface area contributed by atoms with Gasteiger partial charge in [0.15, 0.2) is 6.21 Å². The zero-order valence-corrected chi connectivity index (χ0v) is 9.20. The molecule has 0 amide bonds. The molecule has 0 unspecified atom stereocenters. The molecule has 0 spiro atoms. The van der Waals surface area contributed by atoms with Gasteiger partial charge in [-0.1, -0.05) is 30.3 Å². The van der Waals surface area contributed by atoms with Crippen LogP contribution in [0.15, 0.2) is 42.5 Å². The normalized spacial score (nSPS) is 11.7. The lowest BCUT2D eigenvalue weighted by atomic mass is 10.2. The van der Waals surface area contributed by atoms with Gasteiger partial charge in [-0.15, -0.1) is 11.3 Å². The average Bonchev–Trinajstić information content (AvgIpc) is 2.67. The van der Waals surface area contributed by atoms with E-state index in [1.54, 1.807) is 17.6 Å². The molecular formula is C12H11NOS. The third-order valence-corrected chi connectivity index (χ3v) is 3.06. The van der Waals surface area contributed by atoms with E-state index < -0.39 is 0 Å². The second kappa shape index (κ2) is 4.28. The zero-order valence-electron chi connectivity index (χ0n) is 8.38. The van der Waals surface area contributed by atoms with Crippen molar-refractivity contribution in [2.45, 2.75) is 0 Å². The SMILES string of the molecule is C/[N+]([O-])=C\c1ccc(-c2ccccc2)s1. The summed E-state index contributed by atoms with van der Waals surface area (Å²) < 4.78 is 0.820. The smallest absolute Gasteiger partial charge is 0.191 e. The van der Waals surface area contributed by atoms with Crippen molar-refractivity contribution < 1.29 is 4.74 Å². The molecule has 1 heterocycles. The summed E-state index contributed by atoms with van der Waals surface area (Å²) in [4.78, 5) is 2.16. The van der Waals surface area contributed by atoms with E-state index in [1.165, 1.54) is 17.5 Å². The molecular weight excluding hydrogens is 206 g/mol. The zero-order chi connectivity index (χ0) is 10.7. The molecule has 2 rings (SSSR count). The highest BCUT2D eigenvalue weighted by Gasteiger charge is 2.01. The highest BCUT2D eigenvalue weighted by atomic mass is 32.1. The monoisotopic (exact) mass is 217 g/mol. The van der Waals surface area contributed by atoms with Crippen LogP contribution in [-0.2, 0) is 0 Å². The van der Waals surface area contributed by atoms with Crippen LogP contribution in [0.5, 0.6) is 0 Å². The van der Waals surface area contributed by atoms with Gasteiger partial charge in [-0.05, 0) is 17.7 Å². The van der Waals surface area contributed by atoms with E-state index >= 15 is 0 Å². The van der Waals surface area contributed by atoms with E-state index in [2.05, 4.69) is 12.1 Å². The molecule has 0 N–H and O–H groups in total. The minimum Gasteiger partial charge on any atom is -0.624 e. The first kappa shape index (κ1) is 9.93. The Kier molecular flexibility index (Phi) is 2.83. The molecule has 0 fully saturated rings. The molecule has 0 atom stereocenters. The number of thiophene rings is 1. The Morgan fingerprint density at radius 1 is 1.13 bits per heavy atom. The van der Waals surface area contributed by atoms with Crippen LogP contribution in [0.3, 0.4) is 0 Å². The molecule has 2 aromatic rings. The van der Waals surface area contributed by atoms with E-state index in [-0.39, 0.29) is 0 Å². The van der Waals surface area contributed by atoms with E-state index in [0.717, 1.165) is 9.62 Å². The second-order valence-electron chi connectivity index (χ2n) is 3.24. The number of rotatable bonds is 2. The maximum atomic E-state index is 10.8. The van der Waals surface area contributed by atoms with Gasteiger partial charge in [0, 0.05) is 4.88 Å². The Hall–Kier alpha value is -1.61. The average molecular weight is 217 g/mol. The maximum Gasteiger partial charge on any atom is 0.191 e. The lowest BCUT2D eigenvalue weighted by Crippen LogP contribution is -1.94. The van der Waals surface area contributed by atoms with Crippen molar-refractivity contribution in [1.82, 2.24) is 0 Å². The molecule has 0 radical (unpaired) electrons.